The van der Waals surface area contributed by atoms with Crippen molar-refractivity contribution in [2.45, 2.75) is 55.4 Å². The first kappa shape index (κ1) is 17.0. The summed E-state index contributed by atoms with van der Waals surface area (Å²) in [5.41, 5.74) is 1.57. The number of hydrogen-bond donors (Lipinski definition) is 0. The van der Waals surface area contributed by atoms with E-state index in [-0.39, 0.29) is 0 Å². The van der Waals surface area contributed by atoms with Gasteiger partial charge >= 0.3 is 0 Å². The molecule has 0 unspecified atom stereocenters. The van der Waals surface area contributed by atoms with E-state index < -0.39 is 0 Å². The van der Waals surface area contributed by atoms with Gasteiger partial charge in [-0.15, -0.1) is 0 Å². The summed E-state index contributed by atoms with van der Waals surface area (Å²) in [6.45, 7) is 23.6. The van der Waals surface area contributed by atoms with Gasteiger partial charge in [0.15, 0.2) is 0 Å². The third kappa shape index (κ3) is 7.47. The summed E-state index contributed by atoms with van der Waals surface area (Å²) < 4.78 is 0. The van der Waals surface area contributed by atoms with Crippen LogP contribution in [0, 0.1) is 11.3 Å². The Labute approximate surface area is 97.6 Å². The second-order valence-corrected chi connectivity index (χ2v) is 5.04. The van der Waals surface area contributed by atoms with Gasteiger partial charge in [0.2, 0.25) is 0 Å². The van der Waals surface area contributed by atoms with E-state index in [1.807, 2.05) is 13.8 Å². The Morgan fingerprint density at radius 3 is 1.87 bits per heavy atom. The van der Waals surface area contributed by atoms with Crippen molar-refractivity contribution >= 4 is 0 Å². The maximum absolute atomic E-state index is 3.99. The minimum Gasteiger partial charge on any atom is -0.376 e. The smallest absolute Gasteiger partial charge is 0.0205 e. The molecule has 0 saturated carbocycles. The zero-order valence-corrected chi connectivity index (χ0v) is 12.1. The van der Waals surface area contributed by atoms with Crippen molar-refractivity contribution < 1.29 is 0 Å². The van der Waals surface area contributed by atoms with Crippen LogP contribution in [0.3, 0.4) is 0 Å². The molecule has 0 aliphatic rings. The van der Waals surface area contributed by atoms with Crippen LogP contribution in [0.4, 0.5) is 0 Å². The standard InChI is InChI=1S/C12H25N.C2H6/c1-8-13(10(2)3)9-11(4)12(5,6)7;1-2/h11H,2,8-9H2,1,3-7H3;1-2H3/t11-;/m1./s1. The number of nitrogens with zero attached hydrogens (tertiary/aromatic N) is 1. The van der Waals surface area contributed by atoms with Crippen LogP contribution in [-0.2, 0) is 0 Å². The van der Waals surface area contributed by atoms with Crippen LogP contribution in [-0.4, -0.2) is 18.0 Å². The molecular formula is C14H31N. The van der Waals surface area contributed by atoms with Crippen LogP contribution < -0.4 is 0 Å². The molecule has 0 bridgehead atoms. The Morgan fingerprint density at radius 1 is 1.27 bits per heavy atom. The van der Waals surface area contributed by atoms with Crippen LogP contribution in [0.5, 0.6) is 0 Å². The molecule has 1 nitrogen and oxygen atoms in total. The van der Waals surface area contributed by atoms with Crippen molar-refractivity contribution in [1.29, 1.82) is 0 Å². The highest BCUT2D eigenvalue weighted by molar-refractivity contribution is 4.89. The molecule has 1 atom stereocenters. The van der Waals surface area contributed by atoms with Crippen molar-refractivity contribution in [2.24, 2.45) is 11.3 Å². The molecule has 0 aliphatic heterocycles. The van der Waals surface area contributed by atoms with E-state index in [0.717, 1.165) is 13.1 Å². The van der Waals surface area contributed by atoms with Crippen LogP contribution in [0.15, 0.2) is 12.3 Å². The number of rotatable bonds is 4. The summed E-state index contributed by atoms with van der Waals surface area (Å²) >= 11 is 0. The highest BCUT2D eigenvalue weighted by Gasteiger charge is 2.21. The summed E-state index contributed by atoms with van der Waals surface area (Å²) in [6.07, 6.45) is 0. The Hall–Kier alpha value is -0.460. The van der Waals surface area contributed by atoms with Crippen molar-refractivity contribution in [2.75, 3.05) is 13.1 Å². The summed E-state index contributed by atoms with van der Waals surface area (Å²) in [5, 5.41) is 0. The first-order valence-electron chi connectivity index (χ1n) is 6.19. The van der Waals surface area contributed by atoms with Gasteiger partial charge in [-0.2, -0.15) is 0 Å². The van der Waals surface area contributed by atoms with Crippen molar-refractivity contribution in [1.82, 2.24) is 4.90 Å². The predicted molar refractivity (Wildman–Crippen MR) is 72.0 cm³/mol. The van der Waals surface area contributed by atoms with E-state index in [2.05, 4.69) is 53.0 Å². The van der Waals surface area contributed by atoms with E-state index in [4.69, 9.17) is 0 Å². The van der Waals surface area contributed by atoms with Crippen LogP contribution >= 0.6 is 0 Å². The molecule has 0 radical (unpaired) electrons. The zero-order chi connectivity index (χ0) is 12.6. The third-order valence-electron chi connectivity index (χ3n) is 2.89. The van der Waals surface area contributed by atoms with E-state index in [1.165, 1.54) is 5.70 Å². The topological polar surface area (TPSA) is 3.24 Å². The number of hydrogen-bond acceptors (Lipinski definition) is 1. The van der Waals surface area contributed by atoms with Gasteiger partial charge in [-0.1, -0.05) is 48.1 Å². The van der Waals surface area contributed by atoms with Crippen LogP contribution in [0.25, 0.3) is 0 Å². The molecule has 0 heterocycles. The van der Waals surface area contributed by atoms with Gasteiger partial charge in [-0.05, 0) is 25.2 Å². The molecule has 92 valence electrons. The van der Waals surface area contributed by atoms with Gasteiger partial charge in [0.25, 0.3) is 0 Å². The van der Waals surface area contributed by atoms with Gasteiger partial charge in [-0.3, -0.25) is 0 Å². The first-order chi connectivity index (χ1) is 6.79. The van der Waals surface area contributed by atoms with Gasteiger partial charge in [0, 0.05) is 18.8 Å². The quantitative estimate of drug-likeness (QED) is 0.662. The SMILES string of the molecule is C=C(C)N(CC)C[C@@H](C)C(C)(C)C.CC. The molecule has 0 amide bonds. The van der Waals surface area contributed by atoms with Crippen LogP contribution in [0.2, 0.25) is 0 Å². The fourth-order valence-corrected chi connectivity index (χ4v) is 1.16. The molecule has 15 heavy (non-hydrogen) atoms. The van der Waals surface area contributed by atoms with Crippen molar-refractivity contribution in [3.05, 3.63) is 12.3 Å². The maximum atomic E-state index is 3.99. The highest BCUT2D eigenvalue weighted by Crippen LogP contribution is 2.26. The summed E-state index contributed by atoms with van der Waals surface area (Å²) in [4.78, 5) is 2.34. The van der Waals surface area contributed by atoms with Crippen molar-refractivity contribution in [3.63, 3.8) is 0 Å². The Bertz CT molecular complexity index is 165. The lowest BCUT2D eigenvalue weighted by atomic mass is 9.82. The maximum Gasteiger partial charge on any atom is 0.0205 e. The lowest BCUT2D eigenvalue weighted by molar-refractivity contribution is 0.192. The molecule has 1 heteroatoms. The predicted octanol–water partition coefficient (Wildman–Crippen LogP) is 4.55. The van der Waals surface area contributed by atoms with E-state index in [1.54, 1.807) is 0 Å². The molecule has 0 N–H and O–H groups in total. The highest BCUT2D eigenvalue weighted by atomic mass is 15.1. The third-order valence-corrected chi connectivity index (χ3v) is 2.89. The largest absolute Gasteiger partial charge is 0.376 e. The minimum atomic E-state index is 0.392. The average molecular weight is 213 g/mol. The molecule has 0 spiro atoms. The normalized spacial score (nSPS) is 12.5. The second-order valence-electron chi connectivity index (χ2n) is 5.04. The fraction of sp³-hybridized carbons (Fsp3) is 0.857. The average Bonchev–Trinajstić information content (AvgIpc) is 2.14. The van der Waals surface area contributed by atoms with E-state index >= 15 is 0 Å². The van der Waals surface area contributed by atoms with Crippen LogP contribution in [0.1, 0.15) is 55.4 Å². The lowest BCUT2D eigenvalue weighted by Crippen LogP contribution is -2.32. The van der Waals surface area contributed by atoms with Gasteiger partial charge in [0.1, 0.15) is 0 Å². The molecule has 0 aliphatic carbocycles. The summed E-state index contributed by atoms with van der Waals surface area (Å²) in [7, 11) is 0. The Morgan fingerprint density at radius 2 is 1.67 bits per heavy atom. The molecular weight excluding hydrogens is 182 g/mol. The molecule has 0 saturated heterocycles. The van der Waals surface area contributed by atoms with E-state index in [0.29, 0.717) is 11.3 Å². The fourth-order valence-electron chi connectivity index (χ4n) is 1.16. The van der Waals surface area contributed by atoms with E-state index in [9.17, 15) is 0 Å². The van der Waals surface area contributed by atoms with Gasteiger partial charge in [-0.25, -0.2) is 0 Å². The lowest BCUT2D eigenvalue weighted by Gasteiger charge is -2.33. The molecule has 0 rings (SSSR count). The Kier molecular flexibility index (Phi) is 8.80. The Balaban J connectivity index is 0. The van der Waals surface area contributed by atoms with Crippen molar-refractivity contribution in [3.8, 4) is 0 Å². The number of allylic oxidation sites excluding steroid dienone is 1. The molecule has 0 fully saturated rings. The van der Waals surface area contributed by atoms with Gasteiger partial charge in [0.05, 0.1) is 0 Å². The molecule has 0 aromatic heterocycles. The summed E-state index contributed by atoms with van der Waals surface area (Å²) in [5.74, 6) is 0.698. The molecule has 0 aromatic rings. The zero-order valence-electron chi connectivity index (χ0n) is 12.1. The minimum absolute atomic E-state index is 0.392. The summed E-state index contributed by atoms with van der Waals surface area (Å²) in [6, 6.07) is 0. The molecule has 0 aromatic carbocycles. The van der Waals surface area contributed by atoms with Gasteiger partial charge < -0.3 is 4.90 Å². The first-order valence-corrected chi connectivity index (χ1v) is 6.19. The monoisotopic (exact) mass is 213 g/mol. The second kappa shape index (κ2) is 7.78.